The molecule has 1 heterocycles. The zero-order chi connectivity index (χ0) is 9.10. The van der Waals surface area contributed by atoms with E-state index >= 15 is 0 Å². The average molecular weight is 190 g/mol. The van der Waals surface area contributed by atoms with Crippen molar-refractivity contribution in [1.82, 2.24) is 0 Å². The third kappa shape index (κ3) is 2.07. The molecule has 0 unspecified atom stereocenters. The standard InChI is InChI=1S/C11H8ClN/c12-11-3-1-9(2-4-11)7-10-5-6-13-8-10/h1-8H/b10-7+. The smallest absolute Gasteiger partial charge is 0.0406 e. The van der Waals surface area contributed by atoms with Crippen molar-refractivity contribution >= 4 is 23.9 Å². The van der Waals surface area contributed by atoms with Crippen molar-refractivity contribution in [3.8, 4) is 0 Å². The number of halogens is 1. The quantitative estimate of drug-likeness (QED) is 0.643. The van der Waals surface area contributed by atoms with Gasteiger partial charge >= 0.3 is 0 Å². The molecule has 64 valence electrons. The van der Waals surface area contributed by atoms with Gasteiger partial charge in [-0.1, -0.05) is 23.7 Å². The Morgan fingerprint density at radius 2 is 1.92 bits per heavy atom. The third-order valence-corrected chi connectivity index (χ3v) is 2.03. The maximum atomic E-state index is 5.77. The van der Waals surface area contributed by atoms with Crippen LogP contribution in [0.1, 0.15) is 5.56 Å². The molecule has 13 heavy (non-hydrogen) atoms. The van der Waals surface area contributed by atoms with E-state index in [0.717, 1.165) is 16.2 Å². The summed E-state index contributed by atoms with van der Waals surface area (Å²) in [6.45, 7) is 0. The van der Waals surface area contributed by atoms with Gasteiger partial charge in [0.05, 0.1) is 0 Å². The molecule has 0 atom stereocenters. The van der Waals surface area contributed by atoms with E-state index in [4.69, 9.17) is 11.6 Å². The van der Waals surface area contributed by atoms with Gasteiger partial charge in [0, 0.05) is 17.4 Å². The minimum atomic E-state index is 0.762. The first-order valence-corrected chi connectivity index (χ1v) is 4.39. The second kappa shape index (κ2) is 3.58. The van der Waals surface area contributed by atoms with Crippen molar-refractivity contribution in [3.05, 3.63) is 52.7 Å². The van der Waals surface area contributed by atoms with Gasteiger partial charge in [-0.15, -0.1) is 0 Å². The molecule has 0 radical (unpaired) electrons. The Hall–Kier alpha value is -1.34. The van der Waals surface area contributed by atoms with Gasteiger partial charge in [-0.25, -0.2) is 0 Å². The van der Waals surface area contributed by atoms with Crippen molar-refractivity contribution in [3.63, 3.8) is 0 Å². The van der Waals surface area contributed by atoms with Gasteiger partial charge in [0.1, 0.15) is 0 Å². The Balaban J connectivity index is 2.27. The van der Waals surface area contributed by atoms with Gasteiger partial charge in [0.15, 0.2) is 0 Å². The van der Waals surface area contributed by atoms with Crippen LogP contribution < -0.4 is 0 Å². The van der Waals surface area contributed by atoms with Crippen LogP contribution in [-0.2, 0) is 0 Å². The van der Waals surface area contributed by atoms with Crippen LogP contribution in [-0.4, -0.2) is 6.21 Å². The second-order valence-electron chi connectivity index (χ2n) is 2.79. The molecule has 0 aliphatic carbocycles. The number of hydrogen-bond donors (Lipinski definition) is 0. The summed E-state index contributed by atoms with van der Waals surface area (Å²) in [6.07, 6.45) is 7.63. The fourth-order valence-corrected chi connectivity index (χ4v) is 1.26. The highest BCUT2D eigenvalue weighted by Gasteiger charge is 1.94. The van der Waals surface area contributed by atoms with Crippen LogP contribution in [0.25, 0.3) is 6.08 Å². The Labute approximate surface area is 82.1 Å². The van der Waals surface area contributed by atoms with E-state index in [9.17, 15) is 0 Å². The van der Waals surface area contributed by atoms with E-state index in [-0.39, 0.29) is 0 Å². The Morgan fingerprint density at radius 1 is 1.15 bits per heavy atom. The lowest BCUT2D eigenvalue weighted by atomic mass is 10.1. The van der Waals surface area contributed by atoms with E-state index in [1.165, 1.54) is 0 Å². The van der Waals surface area contributed by atoms with Crippen LogP contribution in [0.5, 0.6) is 0 Å². The van der Waals surface area contributed by atoms with Gasteiger partial charge in [0.25, 0.3) is 0 Å². The summed E-state index contributed by atoms with van der Waals surface area (Å²) >= 11 is 5.77. The molecule has 0 saturated heterocycles. The number of aliphatic imine (C=N–C) groups is 1. The SMILES string of the molecule is Clc1ccc(/C=C2\C=CN=C2)cc1. The third-order valence-electron chi connectivity index (χ3n) is 1.78. The van der Waals surface area contributed by atoms with Crippen molar-refractivity contribution in [2.24, 2.45) is 4.99 Å². The molecule has 1 aromatic rings. The van der Waals surface area contributed by atoms with E-state index < -0.39 is 0 Å². The van der Waals surface area contributed by atoms with Crippen LogP contribution in [0.15, 0.2) is 47.1 Å². The van der Waals surface area contributed by atoms with Gasteiger partial charge in [0.2, 0.25) is 0 Å². The summed E-state index contributed by atoms with van der Waals surface area (Å²) in [4.78, 5) is 3.98. The maximum Gasteiger partial charge on any atom is 0.0406 e. The van der Waals surface area contributed by atoms with Gasteiger partial charge in [-0.05, 0) is 35.4 Å². The van der Waals surface area contributed by atoms with Gasteiger partial charge in [-0.2, -0.15) is 0 Å². The molecule has 0 bridgehead atoms. The van der Waals surface area contributed by atoms with Crippen LogP contribution in [0.4, 0.5) is 0 Å². The van der Waals surface area contributed by atoms with Crippen molar-refractivity contribution in [1.29, 1.82) is 0 Å². The largest absolute Gasteiger partial charge is 0.264 e. The summed E-state index contributed by atoms with van der Waals surface area (Å²) in [5.74, 6) is 0. The highest BCUT2D eigenvalue weighted by molar-refractivity contribution is 6.30. The van der Waals surface area contributed by atoms with Crippen molar-refractivity contribution in [2.45, 2.75) is 0 Å². The minimum absolute atomic E-state index is 0.762. The summed E-state index contributed by atoms with van der Waals surface area (Å²) in [6, 6.07) is 7.72. The lowest BCUT2D eigenvalue weighted by Crippen LogP contribution is -1.76. The predicted octanol–water partition coefficient (Wildman–Crippen LogP) is 3.32. The Morgan fingerprint density at radius 3 is 2.54 bits per heavy atom. The number of rotatable bonds is 1. The average Bonchev–Trinajstić information content (AvgIpc) is 2.62. The molecular formula is C11H8ClN. The minimum Gasteiger partial charge on any atom is -0.264 e. The first kappa shape index (κ1) is 8.27. The molecule has 0 aromatic heterocycles. The lowest BCUT2D eigenvalue weighted by Gasteiger charge is -1.94. The fourth-order valence-electron chi connectivity index (χ4n) is 1.14. The zero-order valence-corrected chi connectivity index (χ0v) is 7.70. The van der Waals surface area contributed by atoms with Crippen LogP contribution in [0.2, 0.25) is 5.02 Å². The highest BCUT2D eigenvalue weighted by Crippen LogP contribution is 2.13. The monoisotopic (exact) mass is 189 g/mol. The Kier molecular flexibility index (Phi) is 2.28. The summed E-state index contributed by atoms with van der Waals surface area (Å²) in [5.41, 5.74) is 2.25. The molecule has 0 saturated carbocycles. The molecule has 2 heteroatoms. The first-order chi connectivity index (χ1) is 6.34. The molecule has 0 fully saturated rings. The normalized spacial score (nSPS) is 17.2. The van der Waals surface area contributed by atoms with Crippen LogP contribution >= 0.6 is 11.6 Å². The van der Waals surface area contributed by atoms with Crippen LogP contribution in [0, 0.1) is 0 Å². The lowest BCUT2D eigenvalue weighted by molar-refractivity contribution is 1.65. The second-order valence-corrected chi connectivity index (χ2v) is 3.23. The molecule has 1 aliphatic rings. The van der Waals surface area contributed by atoms with E-state index in [2.05, 4.69) is 11.1 Å². The molecule has 0 N–H and O–H groups in total. The summed E-state index contributed by atoms with van der Waals surface area (Å²) < 4.78 is 0. The topological polar surface area (TPSA) is 12.4 Å². The molecule has 1 aliphatic heterocycles. The van der Waals surface area contributed by atoms with E-state index in [1.54, 1.807) is 6.20 Å². The molecule has 1 aromatic carbocycles. The first-order valence-electron chi connectivity index (χ1n) is 4.01. The number of nitrogens with zero attached hydrogens (tertiary/aromatic N) is 1. The van der Waals surface area contributed by atoms with Gasteiger partial charge in [-0.3, -0.25) is 4.99 Å². The summed E-state index contributed by atoms with van der Waals surface area (Å²) in [7, 11) is 0. The number of hydrogen-bond acceptors (Lipinski definition) is 1. The highest BCUT2D eigenvalue weighted by atomic mass is 35.5. The van der Waals surface area contributed by atoms with E-state index in [0.29, 0.717) is 0 Å². The molecule has 0 amide bonds. The van der Waals surface area contributed by atoms with Gasteiger partial charge < -0.3 is 0 Å². The van der Waals surface area contributed by atoms with Crippen LogP contribution in [0.3, 0.4) is 0 Å². The molecule has 0 spiro atoms. The van der Waals surface area contributed by atoms with E-state index in [1.807, 2.05) is 36.6 Å². The molecule has 2 rings (SSSR count). The Bertz CT molecular complexity index is 371. The summed E-state index contributed by atoms with van der Waals surface area (Å²) in [5, 5.41) is 0.762. The molecular weight excluding hydrogens is 182 g/mol. The molecule has 1 nitrogen and oxygen atoms in total. The number of allylic oxidation sites excluding steroid dienone is 2. The maximum absolute atomic E-state index is 5.77. The predicted molar refractivity (Wildman–Crippen MR) is 57.1 cm³/mol. The van der Waals surface area contributed by atoms with Crippen molar-refractivity contribution < 1.29 is 0 Å². The number of benzene rings is 1. The fraction of sp³-hybridized carbons (Fsp3) is 0. The zero-order valence-electron chi connectivity index (χ0n) is 6.94. The van der Waals surface area contributed by atoms with Crippen molar-refractivity contribution in [2.75, 3.05) is 0 Å².